The van der Waals surface area contributed by atoms with Crippen LogP contribution in [0.15, 0.2) is 135 Å². The van der Waals surface area contributed by atoms with Gasteiger partial charge in [-0.3, -0.25) is 9.59 Å². The van der Waals surface area contributed by atoms with E-state index in [1.54, 1.807) is 72.8 Å². The third kappa shape index (κ3) is 15.2. The van der Waals surface area contributed by atoms with Gasteiger partial charge in [-0.05, 0) is 115 Å². The molecule has 5 aromatic carbocycles. The summed E-state index contributed by atoms with van der Waals surface area (Å²) in [7, 11) is 0. The fourth-order valence-electron chi connectivity index (χ4n) is 6.55. The third-order valence-corrected chi connectivity index (χ3v) is 10.6. The highest BCUT2D eigenvalue weighted by molar-refractivity contribution is 6.36. The molecule has 0 amide bonds. The zero-order chi connectivity index (χ0) is 44.1. The Hall–Kier alpha value is -5.96. The maximum atomic E-state index is 13.2. The zero-order valence-electron chi connectivity index (χ0n) is 34.9. The van der Waals surface area contributed by atoms with Crippen molar-refractivity contribution in [2.75, 3.05) is 0 Å². The SMILES string of the molecule is C=CCCCCCCCC(=O)Oc1ccc(-c2ccc(C(=O)Oc3cc(OC(=O)c4ccc(-c5ccc(OC(=O)CCCCCCCC=C)cc5)cc4)c(Cl)cc3Cl)cc2)cc1. The number of hydrogen-bond acceptors (Lipinski definition) is 8. The number of benzene rings is 5. The van der Waals surface area contributed by atoms with Crippen LogP contribution in [0.1, 0.15) is 111 Å². The van der Waals surface area contributed by atoms with E-state index in [4.69, 9.17) is 42.1 Å². The van der Waals surface area contributed by atoms with Crippen molar-refractivity contribution in [2.24, 2.45) is 0 Å². The molecule has 0 aromatic heterocycles. The number of halogens is 2. The van der Waals surface area contributed by atoms with Crippen molar-refractivity contribution in [1.82, 2.24) is 0 Å². The van der Waals surface area contributed by atoms with Gasteiger partial charge in [0.15, 0.2) is 11.5 Å². The Kier molecular flexibility index (Phi) is 19.1. The Balaban J connectivity index is 1.09. The topological polar surface area (TPSA) is 105 Å². The largest absolute Gasteiger partial charge is 0.427 e. The molecule has 0 heterocycles. The van der Waals surface area contributed by atoms with Gasteiger partial charge in [-0.15, -0.1) is 13.2 Å². The molecular formula is C52H52Cl2O8. The summed E-state index contributed by atoms with van der Waals surface area (Å²) in [5, 5.41) is 0.103. The van der Waals surface area contributed by atoms with E-state index in [9.17, 15) is 19.2 Å². The molecule has 0 unspecified atom stereocenters. The summed E-state index contributed by atoms with van der Waals surface area (Å²) in [4.78, 5) is 50.9. The lowest BCUT2D eigenvalue weighted by atomic mass is 10.0. The average Bonchev–Trinajstić information content (AvgIpc) is 3.28. The van der Waals surface area contributed by atoms with Gasteiger partial charge in [0.2, 0.25) is 0 Å². The lowest BCUT2D eigenvalue weighted by Gasteiger charge is -2.12. The molecule has 0 N–H and O–H groups in total. The first-order valence-electron chi connectivity index (χ1n) is 21.1. The van der Waals surface area contributed by atoms with Crippen LogP contribution >= 0.6 is 23.2 Å². The quantitative estimate of drug-likeness (QED) is 0.0261. The number of rotatable bonds is 24. The van der Waals surface area contributed by atoms with E-state index in [0.29, 0.717) is 24.3 Å². The Morgan fingerprint density at radius 1 is 0.419 bits per heavy atom. The molecule has 5 aromatic rings. The molecule has 0 atom stereocenters. The van der Waals surface area contributed by atoms with Crippen LogP contribution in [0.3, 0.4) is 0 Å². The average molecular weight is 876 g/mol. The van der Waals surface area contributed by atoms with Gasteiger partial charge in [-0.1, -0.05) is 122 Å². The first-order chi connectivity index (χ1) is 30.1. The number of carbonyl (C=O) groups excluding carboxylic acids is 4. The van der Waals surface area contributed by atoms with E-state index in [-0.39, 0.29) is 44.6 Å². The monoisotopic (exact) mass is 874 g/mol. The normalized spacial score (nSPS) is 10.7. The van der Waals surface area contributed by atoms with E-state index < -0.39 is 11.9 Å². The summed E-state index contributed by atoms with van der Waals surface area (Å²) in [6.45, 7) is 7.48. The number of hydrogen-bond donors (Lipinski definition) is 0. The fourth-order valence-corrected chi connectivity index (χ4v) is 7.01. The number of carbonyl (C=O) groups is 4. The lowest BCUT2D eigenvalue weighted by Crippen LogP contribution is -2.11. The standard InChI is InChI=1S/C52H52Cl2O8/c1-3-5-7-9-11-13-15-17-49(55)59-43-31-27-39(28-32-43)37-19-23-41(24-20-37)51(57)61-47-36-48(46(54)35-45(47)53)62-52(58)42-25-21-38(22-26-42)40-29-33-44(34-30-40)60-50(56)18-16-14-12-10-8-6-4-2/h3-4,19-36H,1-2,5-18H2. The van der Waals surface area contributed by atoms with Crippen LogP contribution in [0.5, 0.6) is 23.0 Å². The minimum absolute atomic E-state index is 0.0408. The maximum Gasteiger partial charge on any atom is 0.343 e. The van der Waals surface area contributed by atoms with Gasteiger partial charge in [-0.25, -0.2) is 9.59 Å². The highest BCUT2D eigenvalue weighted by Crippen LogP contribution is 2.37. The third-order valence-electron chi connectivity index (χ3n) is 10.0. The molecule has 8 nitrogen and oxygen atoms in total. The van der Waals surface area contributed by atoms with Crippen molar-refractivity contribution in [3.63, 3.8) is 0 Å². The Morgan fingerprint density at radius 3 is 1.10 bits per heavy atom. The van der Waals surface area contributed by atoms with Gasteiger partial charge in [0.25, 0.3) is 0 Å². The van der Waals surface area contributed by atoms with Gasteiger partial charge in [0.1, 0.15) is 11.5 Å². The maximum absolute atomic E-state index is 13.2. The highest BCUT2D eigenvalue weighted by atomic mass is 35.5. The minimum Gasteiger partial charge on any atom is -0.427 e. The number of unbranched alkanes of at least 4 members (excludes halogenated alkanes) is 10. The van der Waals surface area contributed by atoms with Crippen LogP contribution in [-0.2, 0) is 9.59 Å². The van der Waals surface area contributed by atoms with Gasteiger partial charge in [0.05, 0.1) is 21.2 Å². The van der Waals surface area contributed by atoms with Crippen molar-refractivity contribution in [2.45, 2.75) is 89.9 Å². The Morgan fingerprint density at radius 2 is 0.742 bits per heavy atom. The number of ether oxygens (including phenoxy) is 4. The second kappa shape index (κ2) is 25.1. The Bertz CT molecular complexity index is 2110. The molecule has 0 fully saturated rings. The molecular weight excluding hydrogens is 823 g/mol. The van der Waals surface area contributed by atoms with E-state index in [2.05, 4.69) is 13.2 Å². The van der Waals surface area contributed by atoms with Crippen LogP contribution in [-0.4, -0.2) is 23.9 Å². The van der Waals surface area contributed by atoms with Gasteiger partial charge >= 0.3 is 23.9 Å². The van der Waals surface area contributed by atoms with Gasteiger partial charge in [0, 0.05) is 18.9 Å². The van der Waals surface area contributed by atoms with Crippen LogP contribution < -0.4 is 18.9 Å². The molecule has 0 aliphatic rings. The van der Waals surface area contributed by atoms with Crippen molar-refractivity contribution >= 4 is 47.1 Å². The molecule has 62 heavy (non-hydrogen) atoms. The summed E-state index contributed by atoms with van der Waals surface area (Å²) >= 11 is 12.8. The van der Waals surface area contributed by atoms with Gasteiger partial charge in [-0.2, -0.15) is 0 Å². The summed E-state index contributed by atoms with van der Waals surface area (Å²) in [6, 6.07) is 30.6. The first-order valence-corrected chi connectivity index (χ1v) is 21.9. The fraction of sp³-hybridized carbons (Fsp3) is 0.269. The van der Waals surface area contributed by atoms with Crippen LogP contribution in [0.4, 0.5) is 0 Å². The molecule has 0 radical (unpaired) electrons. The van der Waals surface area contributed by atoms with Crippen LogP contribution in [0.25, 0.3) is 22.3 Å². The number of esters is 4. The predicted octanol–water partition coefficient (Wildman–Crippen LogP) is 14.4. The predicted molar refractivity (Wildman–Crippen MR) is 246 cm³/mol. The highest BCUT2D eigenvalue weighted by Gasteiger charge is 2.18. The summed E-state index contributed by atoms with van der Waals surface area (Å²) in [5.74, 6) is -1.01. The molecule has 0 spiro atoms. The number of allylic oxidation sites excluding steroid dienone is 2. The second-order valence-electron chi connectivity index (χ2n) is 14.8. The Labute approximate surface area is 374 Å². The van der Waals surface area contributed by atoms with Crippen LogP contribution in [0.2, 0.25) is 10.0 Å². The van der Waals surface area contributed by atoms with E-state index >= 15 is 0 Å². The van der Waals surface area contributed by atoms with Crippen molar-refractivity contribution in [3.8, 4) is 45.3 Å². The summed E-state index contributed by atoms with van der Waals surface area (Å²) in [6.07, 6.45) is 17.0. The van der Waals surface area contributed by atoms with Crippen molar-refractivity contribution < 1.29 is 38.1 Å². The smallest absolute Gasteiger partial charge is 0.343 e. The lowest BCUT2D eigenvalue weighted by molar-refractivity contribution is -0.135. The van der Waals surface area contributed by atoms with E-state index in [1.807, 2.05) is 36.4 Å². The molecule has 0 saturated heterocycles. The molecule has 5 rings (SSSR count). The van der Waals surface area contributed by atoms with Crippen LogP contribution in [0, 0.1) is 0 Å². The molecule has 0 saturated carbocycles. The molecule has 322 valence electrons. The summed E-state index contributed by atoms with van der Waals surface area (Å²) < 4.78 is 22.2. The van der Waals surface area contributed by atoms with E-state index in [1.165, 1.54) is 12.1 Å². The first kappa shape index (κ1) is 47.1. The molecule has 0 aliphatic heterocycles. The van der Waals surface area contributed by atoms with Crippen molar-refractivity contribution in [1.29, 1.82) is 0 Å². The van der Waals surface area contributed by atoms with E-state index in [0.717, 1.165) is 99.3 Å². The zero-order valence-corrected chi connectivity index (χ0v) is 36.4. The van der Waals surface area contributed by atoms with Gasteiger partial charge < -0.3 is 18.9 Å². The molecule has 0 bridgehead atoms. The van der Waals surface area contributed by atoms with Crippen molar-refractivity contribution in [3.05, 3.63) is 156 Å². The minimum atomic E-state index is -0.681. The second-order valence-corrected chi connectivity index (χ2v) is 15.6. The molecule has 0 aliphatic carbocycles. The summed E-state index contributed by atoms with van der Waals surface area (Å²) in [5.41, 5.74) is 3.93. The molecule has 10 heteroatoms.